The second kappa shape index (κ2) is 14.7. The molecule has 45 heavy (non-hydrogen) atoms. The van der Waals surface area contributed by atoms with Gasteiger partial charge in [0.2, 0.25) is 11.5 Å². The lowest BCUT2D eigenvalue weighted by Crippen LogP contribution is -2.49. The minimum absolute atomic E-state index is 0.118. The van der Waals surface area contributed by atoms with Gasteiger partial charge in [0.05, 0.1) is 5.69 Å². The third-order valence-electron chi connectivity index (χ3n) is 8.72. The van der Waals surface area contributed by atoms with Crippen molar-refractivity contribution < 1.29 is 33.7 Å². The number of carbonyl (C=O) groups is 3. The van der Waals surface area contributed by atoms with Crippen LogP contribution in [0.3, 0.4) is 0 Å². The first kappa shape index (κ1) is 34.3. The number of aromatic nitrogens is 3. The van der Waals surface area contributed by atoms with Crippen molar-refractivity contribution in [3.05, 3.63) is 24.2 Å². The van der Waals surface area contributed by atoms with Crippen LogP contribution in [0, 0.1) is 22.7 Å². The number of amides is 1. The Kier molecular flexibility index (Phi) is 11.2. The number of ether oxygens (including phenoxy) is 3. The zero-order valence-electron chi connectivity index (χ0n) is 26.7. The molecule has 1 amide bonds. The van der Waals surface area contributed by atoms with E-state index in [1.807, 2.05) is 6.92 Å². The van der Waals surface area contributed by atoms with E-state index in [-0.39, 0.29) is 36.4 Å². The molecule has 2 aromatic heterocycles. The molecule has 5 atom stereocenters. The number of nitrogens with two attached hydrogens (primary N) is 1. The van der Waals surface area contributed by atoms with Crippen LogP contribution in [0.2, 0.25) is 0 Å². The van der Waals surface area contributed by atoms with Crippen molar-refractivity contribution in [2.24, 2.45) is 17.1 Å². The fraction of sp³-hybridized carbons (Fsp3) is 0.688. The molecule has 1 aliphatic carbocycles. The highest BCUT2D eigenvalue weighted by atomic mass is 16.6. The van der Waals surface area contributed by atoms with E-state index in [9.17, 15) is 24.8 Å². The molecule has 0 radical (unpaired) electrons. The summed E-state index contributed by atoms with van der Waals surface area (Å²) in [6.07, 6.45) is 5.44. The van der Waals surface area contributed by atoms with Crippen LogP contribution < -0.4 is 11.1 Å². The number of anilines is 1. The molecule has 3 heterocycles. The Morgan fingerprint density at radius 1 is 1.24 bits per heavy atom. The molecule has 4 N–H and O–H groups in total. The molecule has 2 aliphatic rings. The molecule has 0 bridgehead atoms. The lowest BCUT2D eigenvalue weighted by Gasteiger charge is -2.29. The first-order valence-corrected chi connectivity index (χ1v) is 15.9. The van der Waals surface area contributed by atoms with Crippen molar-refractivity contribution in [3.8, 4) is 6.07 Å². The Balaban J connectivity index is 1.62. The number of rotatable bonds is 11. The second-order valence-electron chi connectivity index (χ2n) is 13.2. The number of nitriles is 1. The van der Waals surface area contributed by atoms with Crippen LogP contribution in [0.15, 0.2) is 18.5 Å². The van der Waals surface area contributed by atoms with Crippen LogP contribution in [0.25, 0.3) is 5.52 Å². The van der Waals surface area contributed by atoms with Gasteiger partial charge in [-0.25, -0.2) is 9.50 Å². The number of esters is 2. The summed E-state index contributed by atoms with van der Waals surface area (Å²) in [5.74, 6) is -0.982. The molecule has 1 aliphatic heterocycles. The standard InChI is InChI=1S/C32H46N6O7/c1-5-6-13-24(39)37-29-21-14-15-23(38(21)36-19-35-29)32(18-33)28(41)26(44-30(42)27(34)31(2,3)4)22(45-32)17-43-25(40)16-20-11-9-7-8-10-12-20/h14-15,19-20,22,26-28,41H,5-13,16-17,34H2,1-4H3,(H,35,36,37,39)/t22-,26-,27-,28-,32+/m1/s1. The molecular weight excluding hydrogens is 580 g/mol. The van der Waals surface area contributed by atoms with E-state index in [4.69, 9.17) is 19.9 Å². The topological polar surface area (TPSA) is 191 Å². The predicted octanol–water partition coefficient (Wildman–Crippen LogP) is 3.53. The van der Waals surface area contributed by atoms with E-state index in [1.54, 1.807) is 26.8 Å². The van der Waals surface area contributed by atoms with E-state index in [0.29, 0.717) is 18.4 Å². The first-order chi connectivity index (χ1) is 21.4. The van der Waals surface area contributed by atoms with Gasteiger partial charge in [-0.1, -0.05) is 59.8 Å². The molecule has 246 valence electrons. The SMILES string of the molecule is CCCCC(=O)Nc1ncnn2c([C@]3(C#N)O[C@H](COC(=O)CC4CCCCCC4)[C@@H](OC(=O)[C@@H](N)C(C)(C)C)[C@H]3O)ccc12. The number of fused-ring (bicyclic) bond motifs is 1. The van der Waals surface area contributed by atoms with Crippen LogP contribution in [0.5, 0.6) is 0 Å². The second-order valence-corrected chi connectivity index (χ2v) is 13.2. The number of carbonyl (C=O) groups excluding carboxylic acids is 3. The van der Waals surface area contributed by atoms with Crippen LogP contribution in [0.1, 0.15) is 97.6 Å². The van der Waals surface area contributed by atoms with Crippen LogP contribution in [0.4, 0.5) is 5.82 Å². The van der Waals surface area contributed by atoms with Crippen molar-refractivity contribution in [1.82, 2.24) is 14.6 Å². The Hall–Kier alpha value is -3.60. The molecule has 4 rings (SSSR count). The number of nitrogens with one attached hydrogen (secondary N) is 1. The van der Waals surface area contributed by atoms with Gasteiger partial charge < -0.3 is 30.4 Å². The monoisotopic (exact) mass is 626 g/mol. The van der Waals surface area contributed by atoms with Gasteiger partial charge in [0, 0.05) is 12.8 Å². The summed E-state index contributed by atoms with van der Waals surface area (Å²) in [6, 6.07) is 4.14. The zero-order chi connectivity index (χ0) is 32.8. The Morgan fingerprint density at radius 2 is 1.96 bits per heavy atom. The highest BCUT2D eigenvalue weighted by Crippen LogP contribution is 2.42. The summed E-state index contributed by atoms with van der Waals surface area (Å²) < 4.78 is 18.9. The average Bonchev–Trinajstić information content (AvgIpc) is 3.43. The maximum absolute atomic E-state index is 13.1. The van der Waals surface area contributed by atoms with Gasteiger partial charge in [-0.2, -0.15) is 10.4 Å². The summed E-state index contributed by atoms with van der Waals surface area (Å²) in [5, 5.41) is 29.2. The van der Waals surface area contributed by atoms with Crippen molar-refractivity contribution in [3.63, 3.8) is 0 Å². The van der Waals surface area contributed by atoms with Gasteiger partial charge in [-0.15, -0.1) is 0 Å². The van der Waals surface area contributed by atoms with Gasteiger partial charge in [0.25, 0.3) is 0 Å². The maximum Gasteiger partial charge on any atom is 0.323 e. The van der Waals surface area contributed by atoms with Crippen LogP contribution in [-0.4, -0.2) is 68.5 Å². The van der Waals surface area contributed by atoms with Crippen LogP contribution in [-0.2, 0) is 34.2 Å². The minimum Gasteiger partial charge on any atom is -0.463 e. The molecule has 1 saturated carbocycles. The Labute approximate surface area is 263 Å². The Morgan fingerprint density at radius 3 is 2.60 bits per heavy atom. The summed E-state index contributed by atoms with van der Waals surface area (Å²) >= 11 is 0. The number of aliphatic hydroxyl groups excluding tert-OH is 1. The summed E-state index contributed by atoms with van der Waals surface area (Å²) in [5.41, 5.74) is 3.90. The number of unbranched alkanes of at least 4 members (excludes halogenated alkanes) is 1. The quantitative estimate of drug-likeness (QED) is 0.244. The zero-order valence-corrected chi connectivity index (χ0v) is 26.7. The minimum atomic E-state index is -2.08. The fourth-order valence-corrected chi connectivity index (χ4v) is 5.88. The molecule has 2 fully saturated rings. The first-order valence-electron chi connectivity index (χ1n) is 15.9. The van der Waals surface area contributed by atoms with Crippen LogP contribution >= 0.6 is 0 Å². The van der Waals surface area contributed by atoms with Gasteiger partial charge in [0.1, 0.15) is 42.8 Å². The maximum atomic E-state index is 13.1. The van der Waals surface area contributed by atoms with E-state index in [2.05, 4.69) is 21.5 Å². The molecule has 1 saturated heterocycles. The lowest BCUT2D eigenvalue weighted by atomic mass is 9.87. The van der Waals surface area contributed by atoms with Gasteiger partial charge >= 0.3 is 11.9 Å². The third-order valence-corrected chi connectivity index (χ3v) is 8.72. The normalized spacial score (nSPS) is 24.9. The highest BCUT2D eigenvalue weighted by molar-refractivity contribution is 5.93. The molecule has 0 aromatic carbocycles. The van der Waals surface area contributed by atoms with Crippen molar-refractivity contribution >= 4 is 29.2 Å². The van der Waals surface area contributed by atoms with E-state index >= 15 is 0 Å². The number of nitrogens with zero attached hydrogens (tertiary/aromatic N) is 4. The van der Waals surface area contributed by atoms with E-state index in [1.165, 1.54) is 16.9 Å². The summed E-state index contributed by atoms with van der Waals surface area (Å²) in [7, 11) is 0. The lowest BCUT2D eigenvalue weighted by molar-refractivity contribution is -0.163. The van der Waals surface area contributed by atoms with Gasteiger partial charge in [-0.3, -0.25) is 14.4 Å². The van der Waals surface area contributed by atoms with Crippen molar-refractivity contribution in [1.29, 1.82) is 5.26 Å². The van der Waals surface area contributed by atoms with E-state index in [0.717, 1.165) is 44.9 Å². The smallest absolute Gasteiger partial charge is 0.323 e. The molecular formula is C32H46N6O7. The number of hydrogen-bond acceptors (Lipinski definition) is 11. The molecule has 13 heteroatoms. The van der Waals surface area contributed by atoms with Gasteiger partial charge in [-0.05, 0) is 42.7 Å². The number of aliphatic hydroxyl groups is 1. The summed E-state index contributed by atoms with van der Waals surface area (Å²) in [4.78, 5) is 42.6. The average molecular weight is 627 g/mol. The van der Waals surface area contributed by atoms with Crippen molar-refractivity contribution in [2.75, 3.05) is 11.9 Å². The van der Waals surface area contributed by atoms with Gasteiger partial charge in [0.15, 0.2) is 11.9 Å². The highest BCUT2D eigenvalue weighted by Gasteiger charge is 2.60. The molecule has 0 unspecified atom stereocenters. The summed E-state index contributed by atoms with van der Waals surface area (Å²) in [6.45, 7) is 6.96. The van der Waals surface area contributed by atoms with E-state index < -0.39 is 47.3 Å². The molecule has 13 nitrogen and oxygen atoms in total. The molecule has 0 spiro atoms. The predicted molar refractivity (Wildman–Crippen MR) is 163 cm³/mol. The third kappa shape index (κ3) is 7.80. The molecule has 2 aromatic rings. The van der Waals surface area contributed by atoms with Crippen molar-refractivity contribution in [2.45, 2.75) is 122 Å². The fourth-order valence-electron chi connectivity index (χ4n) is 5.88. The number of hydrogen-bond donors (Lipinski definition) is 3. The Bertz CT molecular complexity index is 1390. The largest absolute Gasteiger partial charge is 0.463 e.